The van der Waals surface area contributed by atoms with Crippen molar-refractivity contribution in [1.82, 2.24) is 25.1 Å². The van der Waals surface area contributed by atoms with Gasteiger partial charge in [-0.2, -0.15) is 0 Å². The van der Waals surface area contributed by atoms with Crippen molar-refractivity contribution in [2.24, 2.45) is 5.92 Å². The molecule has 0 radical (unpaired) electrons. The second kappa shape index (κ2) is 5.02. The predicted molar refractivity (Wildman–Crippen MR) is 54.2 cm³/mol. The monoisotopic (exact) mass is 225 g/mol. The van der Waals surface area contributed by atoms with Gasteiger partial charge in [0.05, 0.1) is 0 Å². The first-order valence-corrected chi connectivity index (χ1v) is 5.39. The van der Waals surface area contributed by atoms with Crippen LogP contribution in [0.5, 0.6) is 0 Å². The van der Waals surface area contributed by atoms with E-state index in [0.717, 1.165) is 19.4 Å². The summed E-state index contributed by atoms with van der Waals surface area (Å²) < 4.78 is 1.41. The van der Waals surface area contributed by atoms with Gasteiger partial charge < -0.3 is 10.0 Å². The number of aromatic nitrogens is 4. The highest BCUT2D eigenvalue weighted by Gasteiger charge is 2.23. The number of aliphatic hydroxyl groups is 1. The third kappa shape index (κ3) is 2.54. The lowest BCUT2D eigenvalue weighted by Gasteiger charge is -2.31. The fourth-order valence-electron chi connectivity index (χ4n) is 1.93. The van der Waals surface area contributed by atoms with Crippen molar-refractivity contribution in [3.8, 4) is 0 Å². The summed E-state index contributed by atoms with van der Waals surface area (Å²) in [7, 11) is 0. The number of hydrogen-bond acceptors (Lipinski definition) is 5. The molecule has 1 atom stereocenters. The largest absolute Gasteiger partial charge is 0.396 e. The number of tetrazole rings is 1. The Morgan fingerprint density at radius 2 is 2.44 bits per heavy atom. The molecule has 1 aliphatic heterocycles. The normalized spacial score (nSPS) is 21.1. The van der Waals surface area contributed by atoms with Crippen LogP contribution in [0.2, 0.25) is 0 Å². The summed E-state index contributed by atoms with van der Waals surface area (Å²) in [5.74, 6) is 0.219. The highest BCUT2D eigenvalue weighted by molar-refractivity contribution is 5.75. The van der Waals surface area contributed by atoms with Crippen LogP contribution in [0.4, 0.5) is 0 Å². The van der Waals surface area contributed by atoms with Gasteiger partial charge in [-0.05, 0) is 29.2 Å². The van der Waals surface area contributed by atoms with Crippen LogP contribution in [0.1, 0.15) is 12.8 Å². The maximum Gasteiger partial charge on any atom is 0.244 e. The van der Waals surface area contributed by atoms with Crippen molar-refractivity contribution >= 4 is 5.91 Å². The Bertz CT molecular complexity index is 340. The van der Waals surface area contributed by atoms with E-state index in [4.69, 9.17) is 5.11 Å². The van der Waals surface area contributed by atoms with E-state index in [1.54, 1.807) is 4.90 Å². The van der Waals surface area contributed by atoms with Crippen LogP contribution < -0.4 is 0 Å². The van der Waals surface area contributed by atoms with Gasteiger partial charge in [0.2, 0.25) is 5.91 Å². The van der Waals surface area contributed by atoms with E-state index < -0.39 is 0 Å². The molecule has 1 N–H and O–H groups in total. The van der Waals surface area contributed by atoms with Gasteiger partial charge >= 0.3 is 0 Å². The first-order valence-electron chi connectivity index (χ1n) is 5.39. The van der Waals surface area contributed by atoms with Crippen LogP contribution in [-0.2, 0) is 11.3 Å². The highest BCUT2D eigenvalue weighted by atomic mass is 16.3. The molecule has 7 heteroatoms. The van der Waals surface area contributed by atoms with Crippen LogP contribution in [0, 0.1) is 5.92 Å². The molecule has 0 aromatic carbocycles. The standard InChI is InChI=1S/C9H15N5O2/c15-6-8-2-1-3-13(4-8)9(16)5-14-7-10-11-12-14/h7-8,15H,1-6H2/t8-/m0/s1. The molecule has 0 aliphatic carbocycles. The quantitative estimate of drug-likeness (QED) is 0.706. The second-order valence-electron chi connectivity index (χ2n) is 4.04. The van der Waals surface area contributed by atoms with Crippen LogP contribution in [-0.4, -0.2) is 55.8 Å². The summed E-state index contributed by atoms with van der Waals surface area (Å²) >= 11 is 0. The maximum atomic E-state index is 11.9. The van der Waals surface area contributed by atoms with Crippen LogP contribution >= 0.6 is 0 Å². The molecule has 16 heavy (non-hydrogen) atoms. The SMILES string of the molecule is O=C(Cn1cnnn1)N1CCC[C@H](CO)C1. The lowest BCUT2D eigenvalue weighted by molar-refractivity contribution is -0.134. The fourth-order valence-corrected chi connectivity index (χ4v) is 1.93. The van der Waals surface area contributed by atoms with Crippen molar-refractivity contribution in [3.63, 3.8) is 0 Å². The zero-order valence-corrected chi connectivity index (χ0v) is 8.99. The minimum absolute atomic E-state index is 0.00505. The molecule has 7 nitrogen and oxygen atoms in total. The summed E-state index contributed by atoms with van der Waals surface area (Å²) in [6, 6.07) is 0. The molecule has 1 fully saturated rings. The van der Waals surface area contributed by atoms with Crippen molar-refractivity contribution < 1.29 is 9.90 Å². The Morgan fingerprint density at radius 1 is 1.56 bits per heavy atom. The molecule has 1 amide bonds. The van der Waals surface area contributed by atoms with Gasteiger partial charge in [0.15, 0.2) is 0 Å². The van der Waals surface area contributed by atoms with Gasteiger partial charge in [-0.25, -0.2) is 4.68 Å². The van der Waals surface area contributed by atoms with Gasteiger partial charge in [-0.3, -0.25) is 4.79 Å². The van der Waals surface area contributed by atoms with Crippen LogP contribution in [0.3, 0.4) is 0 Å². The number of piperidine rings is 1. The van der Waals surface area contributed by atoms with E-state index in [9.17, 15) is 4.79 Å². The van der Waals surface area contributed by atoms with Crippen molar-refractivity contribution in [2.75, 3.05) is 19.7 Å². The zero-order chi connectivity index (χ0) is 11.4. The molecule has 0 spiro atoms. The molecule has 1 aliphatic rings. The molecular formula is C9H15N5O2. The van der Waals surface area contributed by atoms with Crippen molar-refractivity contribution in [3.05, 3.63) is 6.33 Å². The molecule has 0 unspecified atom stereocenters. The van der Waals surface area contributed by atoms with Gasteiger partial charge in [-0.1, -0.05) is 0 Å². The Morgan fingerprint density at radius 3 is 3.12 bits per heavy atom. The van der Waals surface area contributed by atoms with Crippen LogP contribution in [0.25, 0.3) is 0 Å². The molecule has 2 heterocycles. The number of rotatable bonds is 3. The average molecular weight is 225 g/mol. The van der Waals surface area contributed by atoms with Gasteiger partial charge in [0.25, 0.3) is 0 Å². The van der Waals surface area contributed by atoms with Gasteiger partial charge in [0, 0.05) is 19.7 Å². The van der Waals surface area contributed by atoms with Gasteiger partial charge in [-0.15, -0.1) is 5.10 Å². The third-order valence-corrected chi connectivity index (χ3v) is 2.82. The average Bonchev–Trinajstić information content (AvgIpc) is 2.82. The molecule has 2 rings (SSSR count). The molecule has 0 saturated carbocycles. The first kappa shape index (κ1) is 11.0. The Labute approximate surface area is 93.0 Å². The topological polar surface area (TPSA) is 84.1 Å². The summed E-state index contributed by atoms with van der Waals surface area (Å²) in [5, 5.41) is 19.7. The Hall–Kier alpha value is -1.50. The number of hydrogen-bond donors (Lipinski definition) is 1. The highest BCUT2D eigenvalue weighted by Crippen LogP contribution is 2.15. The predicted octanol–water partition coefficient (Wildman–Crippen LogP) is -1.10. The van der Waals surface area contributed by atoms with E-state index in [-0.39, 0.29) is 25.0 Å². The van der Waals surface area contributed by atoms with Crippen molar-refractivity contribution in [1.29, 1.82) is 0 Å². The molecule has 88 valence electrons. The second-order valence-corrected chi connectivity index (χ2v) is 4.04. The Kier molecular flexibility index (Phi) is 3.45. The number of amides is 1. The maximum absolute atomic E-state index is 11.9. The molecule has 1 aromatic rings. The lowest BCUT2D eigenvalue weighted by atomic mass is 9.99. The lowest BCUT2D eigenvalue weighted by Crippen LogP contribution is -2.42. The molecule has 1 saturated heterocycles. The fraction of sp³-hybridized carbons (Fsp3) is 0.778. The minimum Gasteiger partial charge on any atom is -0.396 e. The Balaban J connectivity index is 1.89. The molecule has 1 aromatic heterocycles. The van der Waals surface area contributed by atoms with E-state index in [2.05, 4.69) is 15.5 Å². The molecular weight excluding hydrogens is 210 g/mol. The molecule has 0 bridgehead atoms. The summed E-state index contributed by atoms with van der Waals surface area (Å²) in [6.07, 6.45) is 3.36. The summed E-state index contributed by atoms with van der Waals surface area (Å²) in [4.78, 5) is 13.6. The number of likely N-dealkylation sites (tertiary alicyclic amines) is 1. The van der Waals surface area contributed by atoms with E-state index in [1.165, 1.54) is 11.0 Å². The zero-order valence-electron chi connectivity index (χ0n) is 8.99. The number of carbonyl (C=O) groups excluding carboxylic acids is 1. The van der Waals surface area contributed by atoms with E-state index in [1.807, 2.05) is 0 Å². The van der Waals surface area contributed by atoms with E-state index >= 15 is 0 Å². The van der Waals surface area contributed by atoms with Gasteiger partial charge in [0.1, 0.15) is 12.9 Å². The van der Waals surface area contributed by atoms with E-state index in [0.29, 0.717) is 6.54 Å². The smallest absolute Gasteiger partial charge is 0.244 e. The summed E-state index contributed by atoms with van der Waals surface area (Å²) in [6.45, 7) is 1.72. The van der Waals surface area contributed by atoms with Crippen LogP contribution in [0.15, 0.2) is 6.33 Å². The number of nitrogens with zero attached hydrogens (tertiary/aromatic N) is 5. The minimum atomic E-state index is 0.00505. The number of aliphatic hydroxyl groups excluding tert-OH is 1. The third-order valence-electron chi connectivity index (χ3n) is 2.82. The number of carbonyl (C=O) groups is 1. The van der Waals surface area contributed by atoms with Crippen molar-refractivity contribution in [2.45, 2.75) is 19.4 Å². The first-order chi connectivity index (χ1) is 7.79. The summed E-state index contributed by atoms with van der Waals surface area (Å²) in [5.41, 5.74) is 0.